The molecular formula is C26H29F3N4O3. The molecule has 0 spiro atoms. The van der Waals surface area contributed by atoms with E-state index in [4.69, 9.17) is 19.9 Å². The number of benzene rings is 2. The van der Waals surface area contributed by atoms with Gasteiger partial charge in [-0.25, -0.2) is 9.97 Å². The van der Waals surface area contributed by atoms with E-state index in [9.17, 15) is 13.2 Å². The fourth-order valence-corrected chi connectivity index (χ4v) is 4.85. The fourth-order valence-electron chi connectivity index (χ4n) is 4.85. The summed E-state index contributed by atoms with van der Waals surface area (Å²) in [5.74, 6) is 2.17. The van der Waals surface area contributed by atoms with Crippen molar-refractivity contribution in [3.8, 4) is 11.5 Å². The number of hydrogen-bond donors (Lipinski definition) is 2. The monoisotopic (exact) mass is 502 g/mol. The molecule has 36 heavy (non-hydrogen) atoms. The summed E-state index contributed by atoms with van der Waals surface area (Å²) in [6.07, 6.45) is -0.536. The van der Waals surface area contributed by atoms with Gasteiger partial charge in [0.2, 0.25) is 0 Å². The van der Waals surface area contributed by atoms with Gasteiger partial charge in [0, 0.05) is 17.1 Å². The number of halogens is 3. The smallest absolute Gasteiger partial charge is 0.416 e. The van der Waals surface area contributed by atoms with Crippen LogP contribution in [-0.4, -0.2) is 35.4 Å². The maximum absolute atomic E-state index is 13.3. The first kappa shape index (κ1) is 24.4. The van der Waals surface area contributed by atoms with Crippen LogP contribution in [0.2, 0.25) is 0 Å². The number of hydrogen-bond acceptors (Lipinski definition) is 7. The van der Waals surface area contributed by atoms with Crippen LogP contribution in [0.1, 0.15) is 55.6 Å². The molecule has 1 unspecified atom stereocenters. The van der Waals surface area contributed by atoms with Crippen molar-refractivity contribution in [3.63, 3.8) is 0 Å². The van der Waals surface area contributed by atoms with Crippen LogP contribution >= 0.6 is 0 Å². The minimum absolute atomic E-state index is 0.0160. The molecule has 0 amide bonds. The van der Waals surface area contributed by atoms with Crippen molar-refractivity contribution in [3.05, 3.63) is 47.3 Å². The highest BCUT2D eigenvalue weighted by Gasteiger charge is 2.32. The van der Waals surface area contributed by atoms with Crippen molar-refractivity contribution in [1.82, 2.24) is 9.97 Å². The molecule has 3 atom stereocenters. The van der Waals surface area contributed by atoms with E-state index in [1.165, 1.54) is 6.07 Å². The number of aromatic nitrogens is 2. The van der Waals surface area contributed by atoms with Gasteiger partial charge in [-0.1, -0.05) is 6.42 Å². The number of nitrogens with zero attached hydrogens (tertiary/aromatic N) is 2. The number of alkyl halides is 3. The molecule has 0 bridgehead atoms. The van der Waals surface area contributed by atoms with Crippen LogP contribution in [0.5, 0.6) is 11.5 Å². The molecule has 2 heterocycles. The minimum atomic E-state index is -4.49. The molecule has 3 aromatic rings. The van der Waals surface area contributed by atoms with Crippen LogP contribution in [0.25, 0.3) is 10.9 Å². The Bertz CT molecular complexity index is 1270. The first-order valence-corrected chi connectivity index (χ1v) is 12.1. The van der Waals surface area contributed by atoms with Gasteiger partial charge in [-0.05, 0) is 62.9 Å². The summed E-state index contributed by atoms with van der Waals surface area (Å²) in [5.41, 5.74) is 6.08. The van der Waals surface area contributed by atoms with Gasteiger partial charge in [-0.15, -0.1) is 0 Å². The molecule has 1 saturated carbocycles. The zero-order valence-corrected chi connectivity index (χ0v) is 20.2. The average molecular weight is 503 g/mol. The molecule has 1 aromatic heterocycles. The van der Waals surface area contributed by atoms with Gasteiger partial charge < -0.3 is 25.3 Å². The molecule has 0 saturated heterocycles. The second-order valence-electron chi connectivity index (χ2n) is 9.39. The van der Waals surface area contributed by atoms with E-state index in [1.807, 2.05) is 12.1 Å². The summed E-state index contributed by atoms with van der Waals surface area (Å²) in [7, 11) is 0. The standard InChI is InChI=1S/C26H29F3N4O3/c1-14(16-9-17(26(27,28)29)11-18(30)10-16)31-25-19-12-24-23(13-20(19)32-15(2)33-25)35-8-7-34-21-5-3-4-6-22(21)36-24/h9-14,21-22H,3-8,30H2,1-2H3,(H,31,32,33)/t14?,21-,22+/m1/s1. The minimum Gasteiger partial charge on any atom is -0.487 e. The number of anilines is 2. The zero-order valence-electron chi connectivity index (χ0n) is 20.2. The van der Waals surface area contributed by atoms with E-state index in [2.05, 4.69) is 15.3 Å². The quantitative estimate of drug-likeness (QED) is 0.437. The summed E-state index contributed by atoms with van der Waals surface area (Å²) < 4.78 is 58.4. The number of rotatable bonds is 3. The summed E-state index contributed by atoms with van der Waals surface area (Å²) in [5, 5.41) is 3.94. The first-order valence-electron chi connectivity index (χ1n) is 12.1. The second kappa shape index (κ2) is 9.65. The highest BCUT2D eigenvalue weighted by Crippen LogP contribution is 2.39. The zero-order chi connectivity index (χ0) is 25.4. The summed E-state index contributed by atoms with van der Waals surface area (Å²) in [4.78, 5) is 9.11. The van der Waals surface area contributed by atoms with Gasteiger partial charge >= 0.3 is 6.18 Å². The average Bonchev–Trinajstić information content (AvgIpc) is 2.90. The number of nitrogens with one attached hydrogen (secondary N) is 1. The lowest BCUT2D eigenvalue weighted by molar-refractivity contribution is -0.137. The number of nitrogens with two attached hydrogens (primary N) is 1. The molecule has 3 N–H and O–H groups in total. The number of fused-ring (bicyclic) bond motifs is 3. The topological polar surface area (TPSA) is 91.5 Å². The Hall–Kier alpha value is -3.27. The summed E-state index contributed by atoms with van der Waals surface area (Å²) in [6, 6.07) is 6.72. The maximum atomic E-state index is 13.3. The molecule has 1 aliphatic carbocycles. The van der Waals surface area contributed by atoms with E-state index in [-0.39, 0.29) is 17.9 Å². The normalized spacial score (nSPS) is 21.1. The lowest BCUT2D eigenvalue weighted by Gasteiger charge is -2.31. The van der Waals surface area contributed by atoms with Crippen LogP contribution in [-0.2, 0) is 10.9 Å². The van der Waals surface area contributed by atoms with Crippen molar-refractivity contribution in [2.75, 3.05) is 24.3 Å². The molecule has 0 radical (unpaired) electrons. The molecule has 192 valence electrons. The third-order valence-electron chi connectivity index (χ3n) is 6.62. The van der Waals surface area contributed by atoms with E-state index < -0.39 is 17.8 Å². The molecule has 1 aliphatic heterocycles. The van der Waals surface area contributed by atoms with Crippen molar-refractivity contribution < 1.29 is 27.4 Å². The van der Waals surface area contributed by atoms with Crippen molar-refractivity contribution in [2.24, 2.45) is 0 Å². The predicted octanol–water partition coefficient (Wildman–Crippen LogP) is 5.81. The highest BCUT2D eigenvalue weighted by atomic mass is 19.4. The van der Waals surface area contributed by atoms with Gasteiger partial charge in [-0.2, -0.15) is 13.2 Å². The number of aryl methyl sites for hydroxylation is 1. The van der Waals surface area contributed by atoms with E-state index in [0.29, 0.717) is 52.8 Å². The Balaban J connectivity index is 1.52. The molecule has 2 aromatic carbocycles. The lowest BCUT2D eigenvalue weighted by Crippen LogP contribution is -2.37. The molecule has 1 fully saturated rings. The maximum Gasteiger partial charge on any atom is 0.416 e. The SMILES string of the molecule is Cc1nc(NC(C)c2cc(N)cc(C(F)(F)F)c2)c2cc3c(cc2n1)OCCO[C@@H]1CCCC[C@@H]1O3. The Kier molecular flexibility index (Phi) is 6.55. The van der Waals surface area contributed by atoms with E-state index in [1.54, 1.807) is 13.8 Å². The predicted molar refractivity (Wildman–Crippen MR) is 130 cm³/mol. The van der Waals surface area contributed by atoms with Gasteiger partial charge in [0.25, 0.3) is 0 Å². The van der Waals surface area contributed by atoms with Crippen LogP contribution in [0.4, 0.5) is 24.7 Å². The first-order chi connectivity index (χ1) is 17.2. The van der Waals surface area contributed by atoms with Crippen LogP contribution in [0, 0.1) is 6.92 Å². The van der Waals surface area contributed by atoms with Gasteiger partial charge in [0.05, 0.1) is 29.8 Å². The van der Waals surface area contributed by atoms with E-state index >= 15 is 0 Å². The molecule has 5 rings (SSSR count). The number of ether oxygens (including phenoxy) is 3. The Labute approximate surface area is 207 Å². The fraction of sp³-hybridized carbons (Fsp3) is 0.462. The van der Waals surface area contributed by atoms with Gasteiger partial charge in [0.15, 0.2) is 11.5 Å². The Morgan fingerprint density at radius 3 is 2.56 bits per heavy atom. The largest absolute Gasteiger partial charge is 0.487 e. The molecule has 10 heteroatoms. The molecular weight excluding hydrogens is 473 g/mol. The van der Waals surface area contributed by atoms with E-state index in [0.717, 1.165) is 37.8 Å². The highest BCUT2D eigenvalue weighted by molar-refractivity contribution is 5.92. The summed E-state index contributed by atoms with van der Waals surface area (Å²) in [6.45, 7) is 4.40. The molecule has 7 nitrogen and oxygen atoms in total. The third-order valence-corrected chi connectivity index (χ3v) is 6.62. The lowest BCUT2D eigenvalue weighted by atomic mass is 9.94. The Morgan fingerprint density at radius 2 is 1.78 bits per heavy atom. The second-order valence-corrected chi connectivity index (χ2v) is 9.39. The van der Waals surface area contributed by atoms with Crippen LogP contribution < -0.4 is 20.5 Å². The molecule has 2 aliphatic rings. The third kappa shape index (κ3) is 5.13. The van der Waals surface area contributed by atoms with Crippen LogP contribution in [0.15, 0.2) is 30.3 Å². The number of nitrogen functional groups attached to an aromatic ring is 1. The van der Waals surface area contributed by atoms with Gasteiger partial charge in [-0.3, -0.25) is 0 Å². The van der Waals surface area contributed by atoms with Gasteiger partial charge in [0.1, 0.15) is 24.4 Å². The summed E-state index contributed by atoms with van der Waals surface area (Å²) >= 11 is 0. The van der Waals surface area contributed by atoms with Crippen LogP contribution in [0.3, 0.4) is 0 Å². The van der Waals surface area contributed by atoms with Crippen molar-refractivity contribution >= 4 is 22.4 Å². The van der Waals surface area contributed by atoms with Crippen molar-refractivity contribution in [1.29, 1.82) is 0 Å². The Morgan fingerprint density at radius 1 is 1.00 bits per heavy atom. The van der Waals surface area contributed by atoms with Crippen molar-refractivity contribution in [2.45, 2.75) is 64.0 Å².